The van der Waals surface area contributed by atoms with Crippen LogP contribution in [0.15, 0.2) is 61.9 Å². The third kappa shape index (κ3) is 12.9. The molecule has 1 rings (SSSR count). The minimum Gasteiger partial charge on any atom is -0.498 e. The topological polar surface area (TPSA) is 9.23 Å². The third-order valence-corrected chi connectivity index (χ3v) is 2.74. The lowest BCUT2D eigenvalue weighted by molar-refractivity contribution is 0.291. The Hall–Kier alpha value is -1.83. The Kier molecular flexibility index (Phi) is 13.3. The number of allylic oxidation sites excluding steroid dienone is 2. The summed E-state index contributed by atoms with van der Waals surface area (Å²) < 4.78 is 17.2. The highest BCUT2D eigenvalue weighted by Gasteiger charge is 1.88. The maximum Gasteiger partial charge on any atom is 0.123 e. The molecule has 2 heteroatoms. The Morgan fingerprint density at radius 2 is 1.81 bits per heavy atom. The van der Waals surface area contributed by atoms with Crippen molar-refractivity contribution in [3.05, 3.63) is 73.3 Å². The highest BCUT2D eigenvalue weighted by molar-refractivity contribution is 5.17. The van der Waals surface area contributed by atoms with Crippen LogP contribution in [0.1, 0.15) is 38.2 Å². The summed E-state index contributed by atoms with van der Waals surface area (Å²) in [5.74, 6) is -0.187. The van der Waals surface area contributed by atoms with Gasteiger partial charge in [-0.05, 0) is 37.0 Å². The van der Waals surface area contributed by atoms with E-state index in [9.17, 15) is 4.39 Å². The number of rotatable bonds is 9. The smallest absolute Gasteiger partial charge is 0.123 e. The summed E-state index contributed by atoms with van der Waals surface area (Å²) in [4.78, 5) is 0. The van der Waals surface area contributed by atoms with Gasteiger partial charge in [0, 0.05) is 0 Å². The molecule has 0 bridgehead atoms. The molecule has 0 atom stereocenters. The van der Waals surface area contributed by atoms with Gasteiger partial charge in [-0.3, -0.25) is 0 Å². The molecule has 1 aromatic rings. The van der Waals surface area contributed by atoms with Crippen LogP contribution in [0.3, 0.4) is 0 Å². The van der Waals surface area contributed by atoms with Gasteiger partial charge in [-0.2, -0.15) is 0 Å². The quantitative estimate of drug-likeness (QED) is 0.315. The summed E-state index contributed by atoms with van der Waals surface area (Å²) in [6.07, 6.45) is 13.4. The van der Waals surface area contributed by atoms with Gasteiger partial charge in [0.2, 0.25) is 0 Å². The molecule has 0 N–H and O–H groups in total. The molecule has 0 saturated heterocycles. The normalized spacial score (nSPS) is 9.81. The fourth-order valence-electron chi connectivity index (χ4n) is 1.61. The van der Waals surface area contributed by atoms with Gasteiger partial charge in [0.25, 0.3) is 0 Å². The molecule has 0 fully saturated rings. The predicted molar refractivity (Wildman–Crippen MR) is 89.7 cm³/mol. The van der Waals surface area contributed by atoms with E-state index in [-0.39, 0.29) is 5.82 Å². The van der Waals surface area contributed by atoms with Gasteiger partial charge in [-0.15, -0.1) is 6.58 Å². The molecule has 116 valence electrons. The fourth-order valence-corrected chi connectivity index (χ4v) is 1.61. The minimum absolute atomic E-state index is 0.187. The lowest BCUT2D eigenvalue weighted by Gasteiger charge is -1.93. The van der Waals surface area contributed by atoms with Gasteiger partial charge in [-0.25, -0.2) is 4.39 Å². The summed E-state index contributed by atoms with van der Waals surface area (Å²) >= 11 is 0. The van der Waals surface area contributed by atoms with Gasteiger partial charge < -0.3 is 4.74 Å². The van der Waals surface area contributed by atoms with Crippen molar-refractivity contribution in [2.75, 3.05) is 6.61 Å². The van der Waals surface area contributed by atoms with Gasteiger partial charge in [0.05, 0.1) is 6.26 Å². The Balaban J connectivity index is 0.000000382. The number of unbranched alkanes of at least 4 members (excludes halogenated alkanes) is 3. The molecular weight excluding hydrogens is 263 g/mol. The van der Waals surface area contributed by atoms with Gasteiger partial charge >= 0.3 is 0 Å². The van der Waals surface area contributed by atoms with E-state index >= 15 is 0 Å². The lowest BCUT2D eigenvalue weighted by Crippen LogP contribution is -1.79. The molecule has 0 unspecified atom stereocenters. The molecule has 0 spiro atoms. The van der Waals surface area contributed by atoms with Crippen LogP contribution < -0.4 is 0 Å². The average molecular weight is 290 g/mol. The van der Waals surface area contributed by atoms with Crippen LogP contribution in [-0.2, 0) is 11.2 Å². The lowest BCUT2D eigenvalue weighted by atomic mass is 10.1. The number of benzene rings is 1. The molecule has 0 aliphatic heterocycles. The van der Waals surface area contributed by atoms with E-state index in [0.29, 0.717) is 6.61 Å². The average Bonchev–Trinajstić information content (AvgIpc) is 2.50. The molecule has 21 heavy (non-hydrogen) atoms. The molecule has 1 aromatic carbocycles. The molecule has 0 aromatic heterocycles. The minimum atomic E-state index is -0.187. The van der Waals surface area contributed by atoms with Crippen LogP contribution in [0, 0.1) is 5.82 Å². The maximum absolute atomic E-state index is 12.3. The zero-order valence-corrected chi connectivity index (χ0v) is 13.1. The van der Waals surface area contributed by atoms with E-state index in [1.165, 1.54) is 44.1 Å². The monoisotopic (exact) mass is 290 g/mol. The Morgan fingerprint density at radius 3 is 2.38 bits per heavy atom. The van der Waals surface area contributed by atoms with Gasteiger partial charge in [0.1, 0.15) is 12.4 Å². The summed E-state index contributed by atoms with van der Waals surface area (Å²) in [7, 11) is 0. The van der Waals surface area contributed by atoms with Gasteiger partial charge in [-0.1, -0.05) is 56.7 Å². The zero-order valence-electron chi connectivity index (χ0n) is 13.1. The van der Waals surface area contributed by atoms with Crippen molar-refractivity contribution in [1.82, 2.24) is 0 Å². The Labute approximate surface area is 128 Å². The van der Waals surface area contributed by atoms with Crippen molar-refractivity contribution < 1.29 is 9.13 Å². The number of ether oxygens (including phenoxy) is 1. The second-order valence-corrected chi connectivity index (χ2v) is 4.59. The van der Waals surface area contributed by atoms with E-state index in [0.717, 1.165) is 12.0 Å². The largest absolute Gasteiger partial charge is 0.498 e. The van der Waals surface area contributed by atoms with Crippen molar-refractivity contribution in [3.8, 4) is 0 Å². The first-order valence-corrected chi connectivity index (χ1v) is 7.47. The molecule has 0 aliphatic rings. The molecule has 0 heterocycles. The first-order valence-electron chi connectivity index (χ1n) is 7.47. The number of hydrogen-bond donors (Lipinski definition) is 0. The predicted octanol–water partition coefficient (Wildman–Crippen LogP) is 5.84. The van der Waals surface area contributed by atoms with E-state index in [2.05, 4.69) is 26.2 Å². The second-order valence-electron chi connectivity index (χ2n) is 4.59. The molecule has 1 nitrogen and oxygen atoms in total. The third-order valence-electron chi connectivity index (χ3n) is 2.74. The molecule has 0 aliphatic carbocycles. The van der Waals surface area contributed by atoms with Crippen LogP contribution in [-0.4, -0.2) is 6.61 Å². The van der Waals surface area contributed by atoms with Crippen molar-refractivity contribution in [1.29, 1.82) is 0 Å². The van der Waals surface area contributed by atoms with Crippen LogP contribution in [0.5, 0.6) is 0 Å². The van der Waals surface area contributed by atoms with Crippen molar-refractivity contribution in [2.24, 2.45) is 0 Å². The molecular formula is C19H27FO. The highest BCUT2D eigenvalue weighted by Crippen LogP contribution is 2.03. The molecule has 0 radical (unpaired) electrons. The van der Waals surface area contributed by atoms with Crippen molar-refractivity contribution >= 4 is 0 Å². The fraction of sp³-hybridized carbons (Fsp3) is 0.368. The van der Waals surface area contributed by atoms with E-state index < -0.39 is 0 Å². The van der Waals surface area contributed by atoms with Crippen molar-refractivity contribution in [2.45, 2.75) is 39.0 Å². The highest BCUT2D eigenvalue weighted by atomic mass is 19.1. The van der Waals surface area contributed by atoms with Crippen molar-refractivity contribution in [3.63, 3.8) is 0 Å². The maximum atomic E-state index is 12.3. The van der Waals surface area contributed by atoms with E-state index in [4.69, 9.17) is 4.74 Å². The Bertz CT molecular complexity index is 393. The molecule has 0 amide bonds. The van der Waals surface area contributed by atoms with Crippen LogP contribution in [0.25, 0.3) is 0 Å². The zero-order chi connectivity index (χ0) is 15.8. The number of halogens is 1. The first-order chi connectivity index (χ1) is 10.2. The van der Waals surface area contributed by atoms with E-state index in [1.54, 1.807) is 18.2 Å². The van der Waals surface area contributed by atoms with Crippen LogP contribution >= 0.6 is 0 Å². The first kappa shape index (κ1) is 19.2. The van der Waals surface area contributed by atoms with Crippen LogP contribution in [0.2, 0.25) is 0 Å². The summed E-state index contributed by atoms with van der Waals surface area (Å²) in [6.45, 7) is 9.91. The standard InChI is InChI=1S/C10H18O.C9H9F/c1-3-5-6-7-8-9-10-11-4-2;1-2-3-8-4-6-9(10)7-5-8/h4,8-9H,2-3,5-7,10H2,1H3;2,4-7H,1,3H2. The van der Waals surface area contributed by atoms with Gasteiger partial charge in [0.15, 0.2) is 0 Å². The Morgan fingerprint density at radius 1 is 1.10 bits per heavy atom. The van der Waals surface area contributed by atoms with E-state index in [1.807, 2.05) is 6.08 Å². The molecule has 0 saturated carbocycles. The SMILES string of the molecule is C=CCc1ccc(F)cc1.C=COCC=CCCCCC. The second kappa shape index (κ2) is 14.6. The summed E-state index contributed by atoms with van der Waals surface area (Å²) in [5, 5.41) is 0. The summed E-state index contributed by atoms with van der Waals surface area (Å²) in [6, 6.07) is 6.44. The number of hydrogen-bond acceptors (Lipinski definition) is 1. The van der Waals surface area contributed by atoms with Crippen LogP contribution in [0.4, 0.5) is 4.39 Å². The summed E-state index contributed by atoms with van der Waals surface area (Å²) in [5.41, 5.74) is 1.09.